The molecule has 1 aliphatic carbocycles. The predicted octanol–water partition coefficient (Wildman–Crippen LogP) is 2.23. The van der Waals surface area contributed by atoms with Crippen LogP contribution >= 0.6 is 0 Å². The zero-order chi connectivity index (χ0) is 13.1. The van der Waals surface area contributed by atoms with E-state index in [9.17, 15) is 0 Å². The Morgan fingerprint density at radius 1 is 1.00 bits per heavy atom. The average Bonchev–Trinajstić information content (AvgIpc) is 2.56. The van der Waals surface area contributed by atoms with Crippen molar-refractivity contribution in [2.75, 3.05) is 6.61 Å². The van der Waals surface area contributed by atoms with Gasteiger partial charge in [-0.25, -0.2) is 0 Å². The highest BCUT2D eigenvalue weighted by atomic mass is 16.8. The Kier molecular flexibility index (Phi) is 2.66. The fraction of sp³-hybridized carbons (Fsp3) is 0.857. The molecule has 0 bridgehead atoms. The lowest BCUT2D eigenvalue weighted by Crippen LogP contribution is -2.56. The van der Waals surface area contributed by atoms with Gasteiger partial charge in [-0.2, -0.15) is 0 Å². The Hall–Kier alpha value is -0.420. The molecule has 4 atom stereocenters. The van der Waals surface area contributed by atoms with E-state index in [1.807, 2.05) is 27.7 Å². The van der Waals surface area contributed by atoms with E-state index < -0.39 is 11.6 Å². The Balaban J connectivity index is 1.86. The van der Waals surface area contributed by atoms with Crippen LogP contribution in [-0.2, 0) is 18.9 Å². The van der Waals surface area contributed by atoms with Crippen molar-refractivity contribution < 1.29 is 18.9 Å². The number of hydrogen-bond acceptors (Lipinski definition) is 4. The third-order valence-electron chi connectivity index (χ3n) is 3.91. The molecule has 3 aliphatic rings. The van der Waals surface area contributed by atoms with Gasteiger partial charge < -0.3 is 18.9 Å². The minimum absolute atomic E-state index is 0.0334. The van der Waals surface area contributed by atoms with Crippen molar-refractivity contribution in [3.8, 4) is 0 Å². The van der Waals surface area contributed by atoms with E-state index in [-0.39, 0.29) is 18.3 Å². The maximum Gasteiger partial charge on any atom is 0.164 e. The standard InChI is InChI=1S/C14H22O4/c1-8-6-9-7-15-13(2,3)17-11(9)12-10(8)16-14(4,5)18-12/h9-12H,1,6-7H2,2-5H3/t9-,10+,11-,12-/m1/s1. The van der Waals surface area contributed by atoms with E-state index in [4.69, 9.17) is 18.9 Å². The highest BCUT2D eigenvalue weighted by molar-refractivity contribution is 5.17. The fourth-order valence-electron chi connectivity index (χ4n) is 3.17. The van der Waals surface area contributed by atoms with Crippen molar-refractivity contribution in [1.29, 1.82) is 0 Å². The SMILES string of the molecule is C=C1C[C@@H]2COC(C)(C)O[C@H]2[C@@H]2OC(C)(C)O[C@@H]12. The normalized spacial score (nSPS) is 45.4. The second-order valence-corrected chi connectivity index (χ2v) is 6.44. The molecule has 0 radical (unpaired) electrons. The Bertz CT molecular complexity index is 374. The molecule has 102 valence electrons. The van der Waals surface area contributed by atoms with Crippen LogP contribution in [-0.4, -0.2) is 36.5 Å². The van der Waals surface area contributed by atoms with Gasteiger partial charge in [0.2, 0.25) is 0 Å². The van der Waals surface area contributed by atoms with Crippen LogP contribution in [0.2, 0.25) is 0 Å². The van der Waals surface area contributed by atoms with Crippen LogP contribution in [0.4, 0.5) is 0 Å². The minimum atomic E-state index is -0.557. The van der Waals surface area contributed by atoms with Crippen LogP contribution in [0.1, 0.15) is 34.1 Å². The summed E-state index contributed by atoms with van der Waals surface area (Å²) in [5, 5.41) is 0. The molecule has 4 heteroatoms. The van der Waals surface area contributed by atoms with Crippen LogP contribution < -0.4 is 0 Å². The van der Waals surface area contributed by atoms with E-state index in [1.54, 1.807) is 0 Å². The van der Waals surface area contributed by atoms with Gasteiger partial charge in [-0.3, -0.25) is 0 Å². The first-order chi connectivity index (χ1) is 8.27. The highest BCUT2D eigenvalue weighted by Gasteiger charge is 2.55. The van der Waals surface area contributed by atoms with Crippen LogP contribution in [0.5, 0.6) is 0 Å². The van der Waals surface area contributed by atoms with Crippen molar-refractivity contribution in [1.82, 2.24) is 0 Å². The van der Waals surface area contributed by atoms with Crippen molar-refractivity contribution in [2.45, 2.75) is 64.0 Å². The second-order valence-electron chi connectivity index (χ2n) is 6.44. The fourth-order valence-corrected chi connectivity index (χ4v) is 3.17. The molecule has 0 N–H and O–H groups in total. The van der Waals surface area contributed by atoms with Gasteiger partial charge >= 0.3 is 0 Å². The van der Waals surface area contributed by atoms with Gasteiger partial charge in [-0.1, -0.05) is 6.58 Å². The predicted molar refractivity (Wildman–Crippen MR) is 66.0 cm³/mol. The van der Waals surface area contributed by atoms with E-state index in [2.05, 4.69) is 6.58 Å². The van der Waals surface area contributed by atoms with Crippen LogP contribution in [0.3, 0.4) is 0 Å². The summed E-state index contributed by atoms with van der Waals surface area (Å²) in [5.74, 6) is -0.774. The van der Waals surface area contributed by atoms with Gasteiger partial charge in [0.15, 0.2) is 11.6 Å². The second kappa shape index (κ2) is 3.79. The molecule has 0 amide bonds. The van der Waals surface area contributed by atoms with E-state index >= 15 is 0 Å². The first kappa shape index (κ1) is 12.6. The van der Waals surface area contributed by atoms with Crippen LogP contribution in [0, 0.1) is 5.92 Å². The quantitative estimate of drug-likeness (QED) is 0.621. The summed E-state index contributed by atoms with van der Waals surface area (Å²) in [6.45, 7) is 12.6. The molecule has 3 fully saturated rings. The monoisotopic (exact) mass is 254 g/mol. The molecule has 2 aliphatic heterocycles. The summed E-state index contributed by atoms with van der Waals surface area (Å²) in [6.07, 6.45) is 0.817. The van der Waals surface area contributed by atoms with Gasteiger partial charge in [0.25, 0.3) is 0 Å². The molecular formula is C14H22O4. The van der Waals surface area contributed by atoms with Crippen molar-refractivity contribution >= 4 is 0 Å². The minimum Gasteiger partial charge on any atom is -0.350 e. The number of fused-ring (bicyclic) bond motifs is 3. The molecule has 0 aromatic rings. The summed E-state index contributed by atoms with van der Waals surface area (Å²) >= 11 is 0. The first-order valence-electron chi connectivity index (χ1n) is 6.62. The Labute approximate surface area is 108 Å². The maximum atomic E-state index is 6.06. The molecule has 0 aromatic carbocycles. The van der Waals surface area contributed by atoms with Crippen molar-refractivity contribution in [2.24, 2.45) is 5.92 Å². The molecule has 0 spiro atoms. The third-order valence-corrected chi connectivity index (χ3v) is 3.91. The molecule has 4 nitrogen and oxygen atoms in total. The summed E-state index contributed by atoms with van der Waals surface area (Å²) in [6, 6.07) is 0. The van der Waals surface area contributed by atoms with Gasteiger partial charge in [0.1, 0.15) is 12.2 Å². The van der Waals surface area contributed by atoms with Gasteiger partial charge in [-0.15, -0.1) is 0 Å². The molecule has 0 unspecified atom stereocenters. The molecule has 1 saturated carbocycles. The zero-order valence-corrected chi connectivity index (χ0v) is 11.6. The van der Waals surface area contributed by atoms with Crippen LogP contribution in [0.25, 0.3) is 0 Å². The van der Waals surface area contributed by atoms with Crippen molar-refractivity contribution in [3.05, 3.63) is 12.2 Å². The summed E-state index contributed by atoms with van der Waals surface area (Å²) in [4.78, 5) is 0. The highest BCUT2D eigenvalue weighted by Crippen LogP contribution is 2.45. The molecule has 3 rings (SSSR count). The topological polar surface area (TPSA) is 36.9 Å². The summed E-state index contributed by atoms with van der Waals surface area (Å²) < 4.78 is 23.8. The average molecular weight is 254 g/mol. The van der Waals surface area contributed by atoms with E-state index in [1.165, 1.54) is 0 Å². The number of hydrogen-bond donors (Lipinski definition) is 0. The number of rotatable bonds is 0. The molecule has 2 heterocycles. The molecular weight excluding hydrogens is 232 g/mol. The first-order valence-corrected chi connectivity index (χ1v) is 6.62. The van der Waals surface area contributed by atoms with Gasteiger partial charge in [-0.05, 0) is 39.7 Å². The summed E-state index contributed by atoms with van der Waals surface area (Å²) in [7, 11) is 0. The van der Waals surface area contributed by atoms with Gasteiger partial charge in [0.05, 0.1) is 12.7 Å². The molecule has 2 saturated heterocycles. The van der Waals surface area contributed by atoms with Crippen molar-refractivity contribution in [3.63, 3.8) is 0 Å². The molecule has 18 heavy (non-hydrogen) atoms. The largest absolute Gasteiger partial charge is 0.350 e. The molecule has 0 aromatic heterocycles. The number of ether oxygens (including phenoxy) is 4. The Morgan fingerprint density at radius 3 is 2.39 bits per heavy atom. The lowest BCUT2D eigenvalue weighted by molar-refractivity contribution is -0.315. The van der Waals surface area contributed by atoms with E-state index in [0.717, 1.165) is 12.0 Å². The van der Waals surface area contributed by atoms with Gasteiger partial charge in [0, 0.05) is 5.92 Å². The maximum absolute atomic E-state index is 6.06. The van der Waals surface area contributed by atoms with E-state index in [0.29, 0.717) is 12.5 Å². The lowest BCUT2D eigenvalue weighted by atomic mass is 9.79. The smallest absolute Gasteiger partial charge is 0.164 e. The Morgan fingerprint density at radius 2 is 1.67 bits per heavy atom. The zero-order valence-electron chi connectivity index (χ0n) is 11.6. The lowest BCUT2D eigenvalue weighted by Gasteiger charge is -2.47. The summed E-state index contributed by atoms with van der Waals surface area (Å²) in [5.41, 5.74) is 1.10. The van der Waals surface area contributed by atoms with Crippen LogP contribution in [0.15, 0.2) is 12.2 Å². The third kappa shape index (κ3) is 2.01.